The molecule has 0 aromatic carbocycles. The van der Waals surface area contributed by atoms with Crippen molar-refractivity contribution in [3.8, 4) is 0 Å². The summed E-state index contributed by atoms with van der Waals surface area (Å²) in [6.45, 7) is 7.33. The Balaban J connectivity index is 1.79. The molecule has 2 fully saturated rings. The minimum Gasteiger partial charge on any atom is -0.501 e. The Bertz CT molecular complexity index is 429. The molecule has 2 saturated heterocycles. The fraction of sp³-hybridized carbons (Fsp3) is 0.750. The molecule has 0 bridgehead atoms. The highest BCUT2D eigenvalue weighted by molar-refractivity contribution is 5.27. The third-order valence-electron chi connectivity index (χ3n) is 4.77. The second-order valence-electron chi connectivity index (χ2n) is 6.44. The zero-order valence-corrected chi connectivity index (χ0v) is 12.4. The zero-order valence-electron chi connectivity index (χ0n) is 12.4. The van der Waals surface area contributed by atoms with Gasteiger partial charge in [0.15, 0.2) is 0 Å². The average Bonchev–Trinajstić information content (AvgIpc) is 3.26. The summed E-state index contributed by atoms with van der Waals surface area (Å²) in [5.74, 6) is 1.32. The average molecular weight is 264 g/mol. The molecule has 0 radical (unpaired) electrons. The normalized spacial score (nSPS) is 43.7. The third kappa shape index (κ3) is 2.13. The van der Waals surface area contributed by atoms with E-state index >= 15 is 0 Å². The second-order valence-corrected chi connectivity index (χ2v) is 6.44. The van der Waals surface area contributed by atoms with Gasteiger partial charge in [0.25, 0.3) is 0 Å². The fourth-order valence-corrected chi connectivity index (χ4v) is 3.54. The Morgan fingerprint density at radius 1 is 1.53 bits per heavy atom. The molecule has 2 heterocycles. The largest absolute Gasteiger partial charge is 0.501 e. The molecule has 3 heteroatoms. The summed E-state index contributed by atoms with van der Waals surface area (Å²) in [6.07, 6.45) is 7.90. The van der Waals surface area contributed by atoms with Crippen molar-refractivity contribution < 1.29 is 14.2 Å². The fourth-order valence-electron chi connectivity index (χ4n) is 3.54. The van der Waals surface area contributed by atoms with Crippen LogP contribution in [0.2, 0.25) is 0 Å². The van der Waals surface area contributed by atoms with Gasteiger partial charge < -0.3 is 14.2 Å². The Hall–Kier alpha value is -0.800. The number of rotatable bonds is 4. The third-order valence-corrected chi connectivity index (χ3v) is 4.77. The van der Waals surface area contributed by atoms with Crippen LogP contribution in [-0.4, -0.2) is 31.0 Å². The molecule has 3 aliphatic rings. The molecule has 1 aliphatic carbocycles. The minimum absolute atomic E-state index is 0.00539. The van der Waals surface area contributed by atoms with Crippen molar-refractivity contribution in [1.82, 2.24) is 0 Å². The Morgan fingerprint density at radius 3 is 2.84 bits per heavy atom. The molecular weight excluding hydrogens is 240 g/mol. The van der Waals surface area contributed by atoms with E-state index in [4.69, 9.17) is 14.2 Å². The summed E-state index contributed by atoms with van der Waals surface area (Å²) in [7, 11) is 1.76. The van der Waals surface area contributed by atoms with Crippen molar-refractivity contribution in [3.63, 3.8) is 0 Å². The summed E-state index contributed by atoms with van der Waals surface area (Å²) in [4.78, 5) is 0. The van der Waals surface area contributed by atoms with Gasteiger partial charge in [0.1, 0.15) is 17.0 Å². The van der Waals surface area contributed by atoms with Gasteiger partial charge in [-0.25, -0.2) is 0 Å². The van der Waals surface area contributed by atoms with E-state index in [-0.39, 0.29) is 17.1 Å². The standard InChI is InChI=1S/C16H24O3/c1-11(2)7-8-13-15(3,19-13)14-12(17-4)6-5-9-16(14)10-18-16/h6-7,13-14H,5,8-10H2,1-4H3/t13-,14-,15-,16+/m1/s1. The van der Waals surface area contributed by atoms with Crippen molar-refractivity contribution in [3.05, 3.63) is 23.5 Å². The SMILES string of the molecule is COC1=CCC[C@]2(CO2)[C@H]1[C@]1(C)O[C@@H]1CC=C(C)C. The molecule has 1 spiro atoms. The first-order chi connectivity index (χ1) is 9.02. The van der Waals surface area contributed by atoms with E-state index in [9.17, 15) is 0 Å². The minimum atomic E-state index is -0.120. The molecule has 3 rings (SSSR count). The van der Waals surface area contributed by atoms with Crippen LogP contribution in [0.5, 0.6) is 0 Å². The summed E-state index contributed by atoms with van der Waals surface area (Å²) in [5, 5.41) is 0. The first-order valence-corrected chi connectivity index (χ1v) is 7.21. The summed E-state index contributed by atoms with van der Waals surface area (Å²) >= 11 is 0. The van der Waals surface area contributed by atoms with Crippen molar-refractivity contribution in [2.45, 2.75) is 57.3 Å². The maximum atomic E-state index is 6.06. The molecule has 0 saturated carbocycles. The van der Waals surface area contributed by atoms with Gasteiger partial charge in [0, 0.05) is 0 Å². The molecule has 19 heavy (non-hydrogen) atoms. The summed E-state index contributed by atoms with van der Waals surface area (Å²) in [6, 6.07) is 0. The second kappa shape index (κ2) is 4.35. The van der Waals surface area contributed by atoms with Crippen LogP contribution >= 0.6 is 0 Å². The topological polar surface area (TPSA) is 34.3 Å². The Morgan fingerprint density at radius 2 is 2.26 bits per heavy atom. The van der Waals surface area contributed by atoms with E-state index in [1.54, 1.807) is 7.11 Å². The van der Waals surface area contributed by atoms with Crippen molar-refractivity contribution in [2.24, 2.45) is 5.92 Å². The number of allylic oxidation sites excluding steroid dienone is 2. The lowest BCUT2D eigenvalue weighted by atomic mass is 9.73. The molecule has 2 aliphatic heterocycles. The smallest absolute Gasteiger partial charge is 0.105 e. The number of hydrogen-bond donors (Lipinski definition) is 0. The van der Waals surface area contributed by atoms with E-state index in [0.717, 1.165) is 31.6 Å². The maximum Gasteiger partial charge on any atom is 0.105 e. The van der Waals surface area contributed by atoms with Crippen LogP contribution in [0.4, 0.5) is 0 Å². The van der Waals surface area contributed by atoms with Gasteiger partial charge in [0.05, 0.1) is 25.7 Å². The molecule has 0 aromatic heterocycles. The van der Waals surface area contributed by atoms with Crippen LogP contribution in [0.1, 0.15) is 40.0 Å². The van der Waals surface area contributed by atoms with Gasteiger partial charge in [-0.2, -0.15) is 0 Å². The molecule has 106 valence electrons. The van der Waals surface area contributed by atoms with Gasteiger partial charge in [-0.15, -0.1) is 0 Å². The Kier molecular flexibility index (Phi) is 3.02. The lowest BCUT2D eigenvalue weighted by molar-refractivity contribution is 0.0857. The van der Waals surface area contributed by atoms with Gasteiger partial charge in [-0.05, 0) is 46.1 Å². The first-order valence-electron chi connectivity index (χ1n) is 7.21. The monoisotopic (exact) mass is 264 g/mol. The Labute approximate surface area is 115 Å². The lowest BCUT2D eigenvalue weighted by Gasteiger charge is -2.32. The molecule has 0 aromatic rings. The summed E-state index contributed by atoms with van der Waals surface area (Å²) in [5.41, 5.74) is 1.22. The van der Waals surface area contributed by atoms with Crippen LogP contribution < -0.4 is 0 Å². The van der Waals surface area contributed by atoms with Gasteiger partial charge in [-0.3, -0.25) is 0 Å². The van der Waals surface area contributed by atoms with E-state index in [1.165, 1.54) is 5.57 Å². The van der Waals surface area contributed by atoms with Gasteiger partial charge in [0.2, 0.25) is 0 Å². The lowest BCUT2D eigenvalue weighted by Crippen LogP contribution is -2.41. The predicted molar refractivity (Wildman–Crippen MR) is 73.8 cm³/mol. The number of ether oxygens (including phenoxy) is 3. The predicted octanol–water partition coefficient (Wildman–Crippen LogP) is 3.21. The first kappa shape index (κ1) is 13.2. The molecule has 0 N–H and O–H groups in total. The van der Waals surface area contributed by atoms with Crippen LogP contribution in [0.3, 0.4) is 0 Å². The highest BCUT2D eigenvalue weighted by Crippen LogP contribution is 2.59. The van der Waals surface area contributed by atoms with Crippen molar-refractivity contribution >= 4 is 0 Å². The zero-order chi connectivity index (χ0) is 13.7. The van der Waals surface area contributed by atoms with Crippen LogP contribution in [0.15, 0.2) is 23.5 Å². The maximum absolute atomic E-state index is 6.06. The van der Waals surface area contributed by atoms with E-state index in [2.05, 4.69) is 32.9 Å². The van der Waals surface area contributed by atoms with Crippen molar-refractivity contribution in [2.75, 3.05) is 13.7 Å². The van der Waals surface area contributed by atoms with Gasteiger partial charge >= 0.3 is 0 Å². The van der Waals surface area contributed by atoms with Crippen LogP contribution in [0, 0.1) is 5.92 Å². The van der Waals surface area contributed by atoms with Crippen LogP contribution in [-0.2, 0) is 14.2 Å². The quantitative estimate of drug-likeness (QED) is 0.577. The van der Waals surface area contributed by atoms with Gasteiger partial charge in [-0.1, -0.05) is 11.6 Å². The molecule has 0 unspecified atom stereocenters. The van der Waals surface area contributed by atoms with E-state index in [1.807, 2.05) is 0 Å². The van der Waals surface area contributed by atoms with Crippen molar-refractivity contribution in [1.29, 1.82) is 0 Å². The highest BCUT2D eigenvalue weighted by Gasteiger charge is 2.69. The molecular formula is C16H24O3. The number of hydrogen-bond acceptors (Lipinski definition) is 3. The van der Waals surface area contributed by atoms with E-state index < -0.39 is 0 Å². The molecule has 3 nitrogen and oxygen atoms in total. The van der Waals surface area contributed by atoms with Crippen LogP contribution in [0.25, 0.3) is 0 Å². The molecule has 4 atom stereocenters. The number of epoxide rings is 2. The number of methoxy groups -OCH3 is 1. The summed E-state index contributed by atoms with van der Waals surface area (Å²) < 4.78 is 17.5. The van der Waals surface area contributed by atoms with E-state index in [0.29, 0.717) is 6.10 Å². The molecule has 0 amide bonds. The highest BCUT2D eigenvalue weighted by atomic mass is 16.6.